The van der Waals surface area contributed by atoms with Gasteiger partial charge < -0.3 is 5.73 Å². The molecule has 0 radical (unpaired) electrons. The molecule has 3 heteroatoms. The number of halogens is 2. The summed E-state index contributed by atoms with van der Waals surface area (Å²) in [5.41, 5.74) is 10.2. The Hall–Kier alpha value is -0.390. The molecule has 0 aliphatic carbocycles. The van der Waals surface area contributed by atoms with Crippen LogP contribution in [-0.4, -0.2) is 0 Å². The topological polar surface area (TPSA) is 26.0 Å². The highest BCUT2D eigenvalue weighted by atomic mass is 127. The molecular formula is C16H17BrIN. The van der Waals surface area contributed by atoms with Crippen molar-refractivity contribution in [1.29, 1.82) is 0 Å². The molecule has 1 unspecified atom stereocenters. The monoisotopic (exact) mass is 429 g/mol. The van der Waals surface area contributed by atoms with Gasteiger partial charge in [0.05, 0.1) is 0 Å². The highest BCUT2D eigenvalue weighted by Gasteiger charge is 2.11. The zero-order valence-electron chi connectivity index (χ0n) is 10.9. The predicted molar refractivity (Wildman–Crippen MR) is 93.3 cm³/mol. The first-order chi connectivity index (χ1) is 9.10. The van der Waals surface area contributed by atoms with Crippen LogP contribution < -0.4 is 5.73 Å². The quantitative estimate of drug-likeness (QED) is 0.690. The van der Waals surface area contributed by atoms with E-state index in [1.807, 2.05) is 0 Å². The van der Waals surface area contributed by atoms with Crippen LogP contribution in [0, 0.1) is 3.57 Å². The van der Waals surface area contributed by atoms with Crippen molar-refractivity contribution >= 4 is 38.5 Å². The SMILES string of the molecule is CCc1ccc(CC(N)c2cc(I)ccc2Br)cc1. The first-order valence-electron chi connectivity index (χ1n) is 6.38. The Bertz CT molecular complexity index is 551. The molecule has 0 aliphatic rings. The molecule has 19 heavy (non-hydrogen) atoms. The number of rotatable bonds is 4. The van der Waals surface area contributed by atoms with Crippen LogP contribution in [0.25, 0.3) is 0 Å². The number of nitrogens with two attached hydrogens (primary N) is 1. The highest BCUT2D eigenvalue weighted by Crippen LogP contribution is 2.26. The molecule has 0 saturated carbocycles. The minimum absolute atomic E-state index is 0.0246. The van der Waals surface area contributed by atoms with E-state index in [0.29, 0.717) is 0 Å². The number of hydrogen-bond acceptors (Lipinski definition) is 1. The molecule has 0 spiro atoms. The fourth-order valence-corrected chi connectivity index (χ4v) is 3.13. The van der Waals surface area contributed by atoms with E-state index in [4.69, 9.17) is 5.73 Å². The summed E-state index contributed by atoms with van der Waals surface area (Å²) in [4.78, 5) is 0. The van der Waals surface area contributed by atoms with Gasteiger partial charge in [-0.3, -0.25) is 0 Å². The molecule has 0 heterocycles. The van der Waals surface area contributed by atoms with Crippen LogP contribution in [0.2, 0.25) is 0 Å². The third kappa shape index (κ3) is 4.04. The van der Waals surface area contributed by atoms with E-state index in [-0.39, 0.29) is 6.04 Å². The molecule has 1 atom stereocenters. The van der Waals surface area contributed by atoms with E-state index in [0.717, 1.165) is 17.3 Å². The standard InChI is InChI=1S/C16H17BrIN/c1-2-11-3-5-12(6-4-11)9-16(19)14-10-13(18)7-8-15(14)17/h3-8,10,16H,2,9,19H2,1H3. The summed E-state index contributed by atoms with van der Waals surface area (Å²) >= 11 is 5.90. The number of hydrogen-bond donors (Lipinski definition) is 1. The summed E-state index contributed by atoms with van der Waals surface area (Å²) in [7, 11) is 0. The second-order valence-electron chi connectivity index (χ2n) is 4.65. The highest BCUT2D eigenvalue weighted by molar-refractivity contribution is 14.1. The van der Waals surface area contributed by atoms with Crippen LogP contribution in [0.3, 0.4) is 0 Å². The van der Waals surface area contributed by atoms with Crippen LogP contribution in [0.4, 0.5) is 0 Å². The van der Waals surface area contributed by atoms with E-state index < -0.39 is 0 Å². The second-order valence-corrected chi connectivity index (χ2v) is 6.75. The molecule has 0 amide bonds. The molecule has 0 fully saturated rings. The van der Waals surface area contributed by atoms with E-state index >= 15 is 0 Å². The Morgan fingerprint density at radius 3 is 2.37 bits per heavy atom. The first-order valence-corrected chi connectivity index (χ1v) is 8.25. The van der Waals surface area contributed by atoms with Gasteiger partial charge in [0.15, 0.2) is 0 Å². The summed E-state index contributed by atoms with van der Waals surface area (Å²) in [5.74, 6) is 0. The van der Waals surface area contributed by atoms with Crippen molar-refractivity contribution in [3.05, 3.63) is 67.2 Å². The van der Waals surface area contributed by atoms with E-state index in [1.165, 1.54) is 20.3 Å². The normalized spacial score (nSPS) is 12.4. The molecule has 100 valence electrons. The summed E-state index contributed by atoms with van der Waals surface area (Å²) in [6.45, 7) is 2.17. The number of benzene rings is 2. The lowest BCUT2D eigenvalue weighted by Crippen LogP contribution is -2.14. The van der Waals surface area contributed by atoms with Gasteiger partial charge >= 0.3 is 0 Å². The van der Waals surface area contributed by atoms with Crippen molar-refractivity contribution in [3.8, 4) is 0 Å². The molecule has 0 aliphatic heterocycles. The molecule has 1 nitrogen and oxygen atoms in total. The first kappa shape index (κ1) is 15.0. The van der Waals surface area contributed by atoms with Crippen LogP contribution in [-0.2, 0) is 12.8 Å². The Labute approximate surface area is 136 Å². The van der Waals surface area contributed by atoms with Gasteiger partial charge in [-0.05, 0) is 70.3 Å². The predicted octanol–water partition coefficient (Wildman–Crippen LogP) is 4.86. The fourth-order valence-electron chi connectivity index (χ4n) is 2.07. The summed E-state index contributed by atoms with van der Waals surface area (Å²) in [6, 6.07) is 15.1. The maximum absolute atomic E-state index is 6.33. The lowest BCUT2D eigenvalue weighted by atomic mass is 9.99. The van der Waals surface area contributed by atoms with Crippen LogP contribution in [0.1, 0.15) is 29.7 Å². The van der Waals surface area contributed by atoms with Gasteiger partial charge in [-0.15, -0.1) is 0 Å². The van der Waals surface area contributed by atoms with E-state index in [2.05, 4.69) is 87.9 Å². The van der Waals surface area contributed by atoms with Crippen molar-refractivity contribution < 1.29 is 0 Å². The smallest absolute Gasteiger partial charge is 0.0347 e. The Kier molecular flexibility index (Phi) is 5.42. The van der Waals surface area contributed by atoms with Crippen LogP contribution in [0.5, 0.6) is 0 Å². The molecule has 2 aromatic carbocycles. The zero-order valence-corrected chi connectivity index (χ0v) is 14.6. The van der Waals surface area contributed by atoms with Gasteiger partial charge in [-0.2, -0.15) is 0 Å². The molecule has 0 aromatic heterocycles. The zero-order chi connectivity index (χ0) is 13.8. The van der Waals surface area contributed by atoms with Gasteiger partial charge in [-0.1, -0.05) is 47.1 Å². The maximum atomic E-state index is 6.33. The molecule has 2 N–H and O–H groups in total. The lowest BCUT2D eigenvalue weighted by Gasteiger charge is -2.15. The van der Waals surface area contributed by atoms with Crippen molar-refractivity contribution in [3.63, 3.8) is 0 Å². The molecular weight excluding hydrogens is 413 g/mol. The fraction of sp³-hybridized carbons (Fsp3) is 0.250. The average Bonchev–Trinajstić information content (AvgIpc) is 2.42. The van der Waals surface area contributed by atoms with Gasteiger partial charge in [0.25, 0.3) is 0 Å². The number of aryl methyl sites for hydroxylation is 1. The average molecular weight is 430 g/mol. The Morgan fingerprint density at radius 2 is 1.74 bits per heavy atom. The van der Waals surface area contributed by atoms with Gasteiger partial charge in [0.1, 0.15) is 0 Å². The van der Waals surface area contributed by atoms with Crippen molar-refractivity contribution in [2.45, 2.75) is 25.8 Å². The van der Waals surface area contributed by atoms with Gasteiger partial charge in [0.2, 0.25) is 0 Å². The summed E-state index contributed by atoms with van der Waals surface area (Å²) in [6.07, 6.45) is 1.94. The van der Waals surface area contributed by atoms with E-state index in [1.54, 1.807) is 0 Å². The van der Waals surface area contributed by atoms with Crippen molar-refractivity contribution in [2.75, 3.05) is 0 Å². The van der Waals surface area contributed by atoms with Crippen LogP contribution in [0.15, 0.2) is 46.9 Å². The Morgan fingerprint density at radius 1 is 1.11 bits per heavy atom. The molecule has 2 aromatic rings. The van der Waals surface area contributed by atoms with Gasteiger partial charge in [-0.25, -0.2) is 0 Å². The second kappa shape index (κ2) is 6.86. The van der Waals surface area contributed by atoms with E-state index in [9.17, 15) is 0 Å². The Balaban J connectivity index is 2.15. The summed E-state index contributed by atoms with van der Waals surface area (Å²) in [5, 5.41) is 0. The van der Waals surface area contributed by atoms with Crippen molar-refractivity contribution in [1.82, 2.24) is 0 Å². The third-order valence-electron chi connectivity index (χ3n) is 3.24. The largest absolute Gasteiger partial charge is 0.324 e. The minimum Gasteiger partial charge on any atom is -0.324 e. The van der Waals surface area contributed by atoms with Gasteiger partial charge in [0, 0.05) is 14.1 Å². The van der Waals surface area contributed by atoms with Crippen molar-refractivity contribution in [2.24, 2.45) is 5.73 Å². The molecule has 0 bridgehead atoms. The van der Waals surface area contributed by atoms with Crippen LogP contribution >= 0.6 is 38.5 Å². The summed E-state index contributed by atoms with van der Waals surface area (Å²) < 4.78 is 2.30. The maximum Gasteiger partial charge on any atom is 0.0347 e. The minimum atomic E-state index is 0.0246. The molecule has 0 saturated heterocycles. The lowest BCUT2D eigenvalue weighted by molar-refractivity contribution is 0.717. The third-order valence-corrected chi connectivity index (χ3v) is 4.64. The molecule has 2 rings (SSSR count).